The van der Waals surface area contributed by atoms with Crippen molar-refractivity contribution in [1.29, 1.82) is 0 Å². The molecule has 0 amide bonds. The molecule has 162 valence electrons. The third-order valence-corrected chi connectivity index (χ3v) is 6.47. The minimum Gasteiger partial charge on any atom is -0.372 e. The Morgan fingerprint density at radius 3 is 2.90 bits per heavy atom. The summed E-state index contributed by atoms with van der Waals surface area (Å²) in [6.45, 7) is 4.54. The predicted molar refractivity (Wildman–Crippen MR) is 121 cm³/mol. The fourth-order valence-corrected chi connectivity index (χ4v) is 4.89. The molecule has 1 aromatic heterocycles. The molecule has 30 heavy (non-hydrogen) atoms. The van der Waals surface area contributed by atoms with Crippen molar-refractivity contribution in [3.8, 4) is 0 Å². The fraction of sp³-hybridized carbons (Fsp3) is 0.560. The summed E-state index contributed by atoms with van der Waals surface area (Å²) in [6.07, 6.45) is 9.16. The summed E-state index contributed by atoms with van der Waals surface area (Å²) in [5.41, 5.74) is 9.75. The van der Waals surface area contributed by atoms with Crippen molar-refractivity contribution in [2.45, 2.75) is 63.3 Å². The molecule has 3 atom stereocenters. The van der Waals surface area contributed by atoms with E-state index in [-0.39, 0.29) is 6.10 Å². The number of fused-ring (bicyclic) bond motifs is 1. The summed E-state index contributed by atoms with van der Waals surface area (Å²) >= 11 is 0. The number of benzene rings is 1. The number of ether oxygens (including phenoxy) is 1. The molecule has 0 saturated carbocycles. The van der Waals surface area contributed by atoms with Gasteiger partial charge < -0.3 is 15.8 Å². The van der Waals surface area contributed by atoms with Crippen molar-refractivity contribution in [3.05, 3.63) is 65.5 Å². The Kier molecular flexibility index (Phi) is 7.87. The Morgan fingerprint density at radius 1 is 1.13 bits per heavy atom. The van der Waals surface area contributed by atoms with E-state index in [4.69, 9.17) is 15.5 Å². The molecule has 2 aliphatic rings. The van der Waals surface area contributed by atoms with Crippen LogP contribution in [0.4, 0.5) is 0 Å². The van der Waals surface area contributed by atoms with Gasteiger partial charge in [-0.05, 0) is 68.8 Å². The number of unbranched alkanes of at least 4 members (excludes halogenated alkanes) is 1. The first kappa shape index (κ1) is 21.4. The largest absolute Gasteiger partial charge is 0.372 e. The lowest BCUT2D eigenvalue weighted by Gasteiger charge is -2.36. The van der Waals surface area contributed by atoms with Gasteiger partial charge in [0.1, 0.15) is 0 Å². The average molecular weight is 409 g/mol. The lowest BCUT2D eigenvalue weighted by Crippen LogP contribution is -2.41. The molecule has 3 N–H and O–H groups in total. The minimum atomic E-state index is 0.290. The molecular weight excluding hydrogens is 372 g/mol. The molecule has 1 aliphatic carbocycles. The van der Waals surface area contributed by atoms with Crippen LogP contribution in [0, 0.1) is 0 Å². The summed E-state index contributed by atoms with van der Waals surface area (Å²) < 4.78 is 6.19. The van der Waals surface area contributed by atoms with Gasteiger partial charge in [0.25, 0.3) is 0 Å². The van der Waals surface area contributed by atoms with Crippen molar-refractivity contribution >= 4 is 0 Å². The highest BCUT2D eigenvalue weighted by molar-refractivity contribution is 5.25. The lowest BCUT2D eigenvalue weighted by atomic mass is 9.90. The molecule has 4 rings (SSSR count). The number of aryl methyl sites for hydroxylation is 1. The molecule has 0 bridgehead atoms. The molecule has 1 saturated heterocycles. The highest BCUT2D eigenvalue weighted by Crippen LogP contribution is 2.33. The molecule has 0 spiro atoms. The number of hydrogen-bond donors (Lipinski definition) is 2. The van der Waals surface area contributed by atoms with E-state index in [1.807, 2.05) is 12.3 Å². The van der Waals surface area contributed by atoms with Crippen LogP contribution in [0.2, 0.25) is 0 Å². The van der Waals surface area contributed by atoms with Crippen LogP contribution >= 0.6 is 0 Å². The Labute approximate surface area is 181 Å². The number of pyridine rings is 1. The summed E-state index contributed by atoms with van der Waals surface area (Å²) in [4.78, 5) is 7.46. The van der Waals surface area contributed by atoms with Gasteiger partial charge in [-0.3, -0.25) is 9.88 Å². The van der Waals surface area contributed by atoms with E-state index in [1.165, 1.54) is 29.7 Å². The first-order valence-corrected chi connectivity index (χ1v) is 11.6. The summed E-state index contributed by atoms with van der Waals surface area (Å²) in [6, 6.07) is 15.7. The van der Waals surface area contributed by atoms with E-state index in [0.717, 1.165) is 51.9 Å². The lowest BCUT2D eigenvalue weighted by molar-refractivity contribution is 0.0509. The first-order valence-electron chi connectivity index (χ1n) is 11.6. The Hall–Kier alpha value is -1.79. The van der Waals surface area contributed by atoms with E-state index in [2.05, 4.69) is 46.6 Å². The van der Waals surface area contributed by atoms with Crippen LogP contribution in [0.5, 0.6) is 0 Å². The highest BCUT2D eigenvalue weighted by Gasteiger charge is 2.31. The van der Waals surface area contributed by atoms with Gasteiger partial charge in [0.15, 0.2) is 0 Å². The Bertz CT molecular complexity index is 769. The van der Waals surface area contributed by atoms with E-state index < -0.39 is 0 Å². The fourth-order valence-electron chi connectivity index (χ4n) is 4.89. The van der Waals surface area contributed by atoms with Crippen LogP contribution in [0.15, 0.2) is 48.7 Å². The quantitative estimate of drug-likeness (QED) is 0.590. The molecule has 1 unspecified atom stereocenters. The van der Waals surface area contributed by atoms with Gasteiger partial charge in [-0.15, -0.1) is 0 Å². The third kappa shape index (κ3) is 5.67. The summed E-state index contributed by atoms with van der Waals surface area (Å²) in [7, 11) is 0. The maximum atomic E-state index is 6.19. The number of nitrogens with one attached hydrogen (secondary N) is 1. The van der Waals surface area contributed by atoms with Crippen LogP contribution in [-0.2, 0) is 17.8 Å². The normalized spacial score (nSPS) is 23.6. The molecule has 2 heterocycles. The zero-order valence-electron chi connectivity index (χ0n) is 18.0. The molecule has 1 fully saturated rings. The summed E-state index contributed by atoms with van der Waals surface area (Å²) in [5.74, 6) is 0. The monoisotopic (exact) mass is 408 g/mol. The predicted octanol–water partition coefficient (Wildman–Crippen LogP) is 3.45. The highest BCUT2D eigenvalue weighted by atomic mass is 16.5. The molecule has 2 aromatic rings. The molecule has 5 heteroatoms. The van der Waals surface area contributed by atoms with Crippen molar-refractivity contribution in [2.75, 3.05) is 26.2 Å². The van der Waals surface area contributed by atoms with E-state index in [1.54, 1.807) is 0 Å². The number of hydrogen-bond acceptors (Lipinski definition) is 5. The number of aromatic nitrogens is 1. The second-order valence-corrected chi connectivity index (χ2v) is 8.71. The van der Waals surface area contributed by atoms with Crippen molar-refractivity contribution < 1.29 is 4.74 Å². The number of nitrogens with zero attached hydrogens (tertiary/aromatic N) is 2. The maximum Gasteiger partial charge on any atom is 0.0721 e. The Balaban J connectivity index is 1.35. The van der Waals surface area contributed by atoms with Crippen molar-refractivity contribution in [3.63, 3.8) is 0 Å². The van der Waals surface area contributed by atoms with Gasteiger partial charge in [-0.25, -0.2) is 0 Å². The number of nitrogens with two attached hydrogens (primary N) is 1. The van der Waals surface area contributed by atoms with E-state index >= 15 is 0 Å². The molecule has 1 aliphatic heterocycles. The molecular formula is C25H36N4O. The zero-order valence-corrected chi connectivity index (χ0v) is 18.0. The SMILES string of the molecule is NCCCCN(C[C@@H]1C[C@H](OCc2ccccc2)CN1)C1CCCc2cccnc21. The van der Waals surface area contributed by atoms with Gasteiger partial charge in [-0.2, -0.15) is 0 Å². The molecule has 0 radical (unpaired) electrons. The van der Waals surface area contributed by atoms with Gasteiger partial charge >= 0.3 is 0 Å². The smallest absolute Gasteiger partial charge is 0.0721 e. The van der Waals surface area contributed by atoms with Crippen LogP contribution in [0.3, 0.4) is 0 Å². The molecule has 1 aromatic carbocycles. The minimum absolute atomic E-state index is 0.290. The van der Waals surface area contributed by atoms with Crippen LogP contribution in [-0.4, -0.2) is 48.2 Å². The van der Waals surface area contributed by atoms with Gasteiger partial charge in [-0.1, -0.05) is 36.4 Å². The van der Waals surface area contributed by atoms with E-state index in [0.29, 0.717) is 18.7 Å². The second-order valence-electron chi connectivity index (χ2n) is 8.71. The average Bonchev–Trinajstić information content (AvgIpc) is 3.25. The van der Waals surface area contributed by atoms with Crippen molar-refractivity contribution in [2.24, 2.45) is 5.73 Å². The number of rotatable bonds is 10. The van der Waals surface area contributed by atoms with Gasteiger partial charge in [0.05, 0.1) is 24.4 Å². The second kappa shape index (κ2) is 11.0. The van der Waals surface area contributed by atoms with Crippen molar-refractivity contribution in [1.82, 2.24) is 15.2 Å². The molecule has 5 nitrogen and oxygen atoms in total. The van der Waals surface area contributed by atoms with Crippen LogP contribution in [0.1, 0.15) is 55.0 Å². The summed E-state index contributed by atoms with van der Waals surface area (Å²) in [5, 5.41) is 3.72. The first-order chi connectivity index (χ1) is 14.8. The standard InChI is InChI=1S/C25H36N4O/c26-13-4-5-15-29(24-12-6-10-21-11-7-14-27-25(21)24)18-22-16-23(17-28-22)30-19-20-8-2-1-3-9-20/h1-3,7-9,11,14,22-24,28H,4-6,10,12-13,15-19,26H2/t22-,23-,24?/m0/s1. The van der Waals surface area contributed by atoms with E-state index in [9.17, 15) is 0 Å². The topological polar surface area (TPSA) is 63.4 Å². The third-order valence-electron chi connectivity index (χ3n) is 6.47. The van der Waals surface area contributed by atoms with Crippen LogP contribution in [0.25, 0.3) is 0 Å². The maximum absolute atomic E-state index is 6.19. The van der Waals surface area contributed by atoms with Gasteiger partial charge in [0.2, 0.25) is 0 Å². The zero-order chi connectivity index (χ0) is 20.6. The van der Waals surface area contributed by atoms with Gasteiger partial charge in [0, 0.05) is 25.3 Å². The Morgan fingerprint density at radius 2 is 2.03 bits per heavy atom. The van der Waals surface area contributed by atoms with Crippen LogP contribution < -0.4 is 11.1 Å².